The molecule has 2 aromatic heterocycles. The number of nitrogens with zero attached hydrogens (tertiary/aromatic N) is 3. The molecule has 0 aromatic carbocycles. The first-order chi connectivity index (χ1) is 12.5. The number of alkyl halides is 3. The number of hydrogen-bond donors (Lipinski definition) is 1. The van der Waals surface area contributed by atoms with E-state index < -0.39 is 26.2 Å². The summed E-state index contributed by atoms with van der Waals surface area (Å²) in [4.78, 5) is 7.86. The van der Waals surface area contributed by atoms with Crippen LogP contribution in [0.2, 0.25) is 30.7 Å². The zero-order valence-electron chi connectivity index (χ0n) is 15.4. The number of ether oxygens (including phenoxy) is 1. The summed E-state index contributed by atoms with van der Waals surface area (Å²) in [5, 5.41) is 10.1. The maximum Gasteiger partial charge on any atom is 0.421 e. The van der Waals surface area contributed by atoms with Gasteiger partial charge in [-0.25, -0.2) is 4.98 Å². The Balaban J connectivity index is 2.19. The second-order valence-corrected chi connectivity index (χ2v) is 13.5. The summed E-state index contributed by atoms with van der Waals surface area (Å²) in [6.45, 7) is 6.89. The second-order valence-electron chi connectivity index (χ2n) is 7.50. The fourth-order valence-corrected chi connectivity index (χ4v) is 3.27. The van der Waals surface area contributed by atoms with Crippen LogP contribution in [0.5, 0.6) is 0 Å². The van der Waals surface area contributed by atoms with Crippen LogP contribution < -0.4 is 0 Å². The zero-order chi connectivity index (χ0) is 20.2. The molecule has 150 valence electrons. The number of rotatable bonds is 8. The molecule has 10 heteroatoms. The van der Waals surface area contributed by atoms with Gasteiger partial charge in [0.05, 0.1) is 10.7 Å². The molecule has 1 N–H and O–H groups in total. The van der Waals surface area contributed by atoms with Gasteiger partial charge in [-0.15, -0.1) is 0 Å². The molecule has 0 radical (unpaired) electrons. The molecule has 2 heterocycles. The van der Waals surface area contributed by atoms with Crippen LogP contribution in [0, 0.1) is 0 Å². The van der Waals surface area contributed by atoms with E-state index in [2.05, 4.69) is 29.6 Å². The van der Waals surface area contributed by atoms with Gasteiger partial charge in [0.2, 0.25) is 6.10 Å². The van der Waals surface area contributed by atoms with Crippen LogP contribution in [-0.4, -0.2) is 40.5 Å². The first-order valence-electron chi connectivity index (χ1n) is 8.44. The summed E-state index contributed by atoms with van der Waals surface area (Å²) >= 11 is 6.05. The van der Waals surface area contributed by atoms with Crippen LogP contribution in [0.4, 0.5) is 13.2 Å². The summed E-state index contributed by atoms with van der Waals surface area (Å²) < 4.78 is 45.7. The third kappa shape index (κ3) is 6.60. The Kier molecular flexibility index (Phi) is 7.07. The molecule has 0 amide bonds. The highest BCUT2D eigenvalue weighted by molar-refractivity contribution is 6.76. The lowest BCUT2D eigenvalue weighted by atomic mass is 10.1. The van der Waals surface area contributed by atoms with Crippen molar-refractivity contribution in [2.75, 3.05) is 6.61 Å². The summed E-state index contributed by atoms with van der Waals surface area (Å²) in [7, 11) is -1.31. The van der Waals surface area contributed by atoms with Crippen molar-refractivity contribution in [3.8, 4) is 0 Å². The van der Waals surface area contributed by atoms with E-state index in [0.717, 1.165) is 6.04 Å². The monoisotopic (exact) mass is 421 g/mol. The topological polar surface area (TPSA) is 60.2 Å². The van der Waals surface area contributed by atoms with E-state index in [4.69, 9.17) is 16.3 Å². The van der Waals surface area contributed by atoms with Crippen molar-refractivity contribution in [1.82, 2.24) is 14.5 Å². The maximum absolute atomic E-state index is 13.0. The van der Waals surface area contributed by atoms with Gasteiger partial charge in [0, 0.05) is 39.7 Å². The van der Waals surface area contributed by atoms with Crippen LogP contribution in [-0.2, 0) is 17.9 Å². The van der Waals surface area contributed by atoms with Crippen LogP contribution in [0.3, 0.4) is 0 Å². The Morgan fingerprint density at radius 1 is 1.33 bits per heavy atom. The Hall–Kier alpha value is -1.42. The average molecular weight is 422 g/mol. The number of aliphatic hydroxyl groups is 1. The molecule has 0 aliphatic rings. The standard InChI is InChI=1S/C17H23ClF3N3O2Si/c1-27(2,3)7-6-26-11-24-10-13(8-12-4-5-22-9-14(12)18)23-16(24)15(25)17(19,20)21/h4-5,9-10,15,25H,6-8,11H2,1-3H3. The van der Waals surface area contributed by atoms with Gasteiger partial charge in [0.25, 0.3) is 0 Å². The molecule has 0 spiro atoms. The van der Waals surface area contributed by atoms with Crippen molar-refractivity contribution in [2.24, 2.45) is 0 Å². The van der Waals surface area contributed by atoms with Crippen LogP contribution >= 0.6 is 11.6 Å². The summed E-state index contributed by atoms with van der Waals surface area (Å²) in [5.74, 6) is -0.490. The molecule has 1 atom stereocenters. The van der Waals surface area contributed by atoms with Crippen molar-refractivity contribution in [1.29, 1.82) is 0 Å². The van der Waals surface area contributed by atoms with Crippen molar-refractivity contribution < 1.29 is 23.0 Å². The van der Waals surface area contributed by atoms with E-state index in [0.29, 0.717) is 22.9 Å². The normalized spacial score (nSPS) is 13.8. The number of hydrogen-bond acceptors (Lipinski definition) is 4. The molecule has 0 saturated carbocycles. The van der Waals surface area contributed by atoms with Crippen LogP contribution in [0.15, 0.2) is 24.7 Å². The molecular formula is C17H23ClF3N3O2Si. The molecule has 2 rings (SSSR count). The van der Waals surface area contributed by atoms with E-state index in [9.17, 15) is 18.3 Å². The van der Waals surface area contributed by atoms with Gasteiger partial charge < -0.3 is 14.4 Å². The Bertz CT molecular complexity index is 763. The first kappa shape index (κ1) is 21.9. The van der Waals surface area contributed by atoms with Crippen molar-refractivity contribution >= 4 is 19.7 Å². The third-order valence-corrected chi connectivity index (χ3v) is 5.91. The lowest BCUT2D eigenvalue weighted by Crippen LogP contribution is -2.25. The van der Waals surface area contributed by atoms with Crippen LogP contribution in [0.1, 0.15) is 23.2 Å². The highest BCUT2D eigenvalue weighted by atomic mass is 35.5. The van der Waals surface area contributed by atoms with Crippen molar-refractivity contribution in [3.05, 3.63) is 46.8 Å². The van der Waals surface area contributed by atoms with E-state index >= 15 is 0 Å². The molecule has 2 aromatic rings. The maximum atomic E-state index is 13.0. The molecule has 0 fully saturated rings. The molecule has 0 aliphatic heterocycles. The van der Waals surface area contributed by atoms with Gasteiger partial charge >= 0.3 is 6.18 Å². The van der Waals surface area contributed by atoms with Crippen molar-refractivity contribution in [3.63, 3.8) is 0 Å². The molecule has 5 nitrogen and oxygen atoms in total. The molecule has 0 bridgehead atoms. The summed E-state index contributed by atoms with van der Waals surface area (Å²) in [6.07, 6.45) is -2.81. The Morgan fingerprint density at radius 2 is 2.04 bits per heavy atom. The zero-order valence-corrected chi connectivity index (χ0v) is 17.2. The first-order valence-corrected chi connectivity index (χ1v) is 12.5. The van der Waals surface area contributed by atoms with E-state index in [-0.39, 0.29) is 13.2 Å². The number of imidazole rings is 1. The lowest BCUT2D eigenvalue weighted by Gasteiger charge is -2.18. The minimum atomic E-state index is -4.81. The number of halogens is 4. The highest BCUT2D eigenvalue weighted by Crippen LogP contribution is 2.32. The summed E-state index contributed by atoms with van der Waals surface area (Å²) in [6, 6.07) is 2.56. The predicted molar refractivity (Wildman–Crippen MR) is 99.4 cm³/mol. The predicted octanol–water partition coefficient (Wildman–Crippen LogP) is 4.43. The van der Waals surface area contributed by atoms with Crippen LogP contribution in [0.25, 0.3) is 0 Å². The number of pyridine rings is 1. The average Bonchev–Trinajstić information content (AvgIpc) is 2.94. The molecule has 27 heavy (non-hydrogen) atoms. The second kappa shape index (κ2) is 8.72. The Labute approximate surface area is 162 Å². The van der Waals surface area contributed by atoms with Gasteiger partial charge in [0.15, 0.2) is 0 Å². The smallest absolute Gasteiger partial charge is 0.377 e. The molecule has 0 aliphatic carbocycles. The van der Waals surface area contributed by atoms with E-state index in [1.807, 2.05) is 0 Å². The third-order valence-electron chi connectivity index (χ3n) is 3.87. The van der Waals surface area contributed by atoms with E-state index in [1.54, 1.807) is 12.3 Å². The molecule has 1 unspecified atom stereocenters. The minimum Gasteiger partial charge on any atom is -0.377 e. The highest BCUT2D eigenvalue weighted by Gasteiger charge is 2.42. The minimum absolute atomic E-state index is 0.107. The van der Waals surface area contributed by atoms with Gasteiger partial charge in [-0.2, -0.15) is 13.2 Å². The van der Waals surface area contributed by atoms with E-state index in [1.165, 1.54) is 17.0 Å². The van der Waals surface area contributed by atoms with Gasteiger partial charge in [-0.3, -0.25) is 4.98 Å². The van der Waals surface area contributed by atoms with Gasteiger partial charge in [-0.05, 0) is 17.7 Å². The number of aromatic nitrogens is 3. The summed E-state index contributed by atoms with van der Waals surface area (Å²) in [5.41, 5.74) is 1.04. The quantitative estimate of drug-likeness (QED) is 0.506. The fraction of sp³-hybridized carbons (Fsp3) is 0.529. The SMILES string of the molecule is C[Si](C)(C)CCOCn1cc(Cc2ccncc2Cl)nc1C(O)C(F)(F)F. The fourth-order valence-electron chi connectivity index (χ4n) is 2.32. The number of aliphatic hydroxyl groups excluding tert-OH is 1. The van der Waals surface area contributed by atoms with Gasteiger partial charge in [0.1, 0.15) is 12.6 Å². The molecular weight excluding hydrogens is 399 g/mol. The Morgan fingerprint density at radius 3 is 2.63 bits per heavy atom. The van der Waals surface area contributed by atoms with Gasteiger partial charge in [-0.1, -0.05) is 31.2 Å². The largest absolute Gasteiger partial charge is 0.421 e. The molecule has 0 saturated heterocycles. The lowest BCUT2D eigenvalue weighted by molar-refractivity contribution is -0.210. The van der Waals surface area contributed by atoms with Crippen molar-refractivity contribution in [2.45, 2.75) is 51.1 Å².